The van der Waals surface area contributed by atoms with Gasteiger partial charge in [-0.15, -0.1) is 0 Å². The summed E-state index contributed by atoms with van der Waals surface area (Å²) in [5.41, 5.74) is 2.26. The molecule has 1 rings (SSSR count). The first-order chi connectivity index (χ1) is 13.7. The maximum Gasteiger partial charge on any atom is 0.340 e. The number of carbonyl (C=O) groups is 4. The number of Topliss-reactive ketones (excluding diaryl/α,β-unsaturated/α-hetero) is 1. The van der Waals surface area contributed by atoms with Crippen molar-refractivity contribution in [1.29, 1.82) is 0 Å². The molecule has 0 aliphatic carbocycles. The van der Waals surface area contributed by atoms with Gasteiger partial charge in [0.15, 0.2) is 0 Å². The van der Waals surface area contributed by atoms with Crippen molar-refractivity contribution < 1.29 is 33.4 Å². The van der Waals surface area contributed by atoms with E-state index in [1.165, 1.54) is 6.92 Å². The van der Waals surface area contributed by atoms with Gasteiger partial charge in [0.1, 0.15) is 11.7 Å². The van der Waals surface area contributed by atoms with Crippen molar-refractivity contribution in [2.75, 3.05) is 19.8 Å². The largest absolute Gasteiger partial charge is 0.466 e. The second kappa shape index (κ2) is 11.4. The highest BCUT2D eigenvalue weighted by Crippen LogP contribution is 2.27. The Morgan fingerprint density at radius 2 is 1.52 bits per heavy atom. The van der Waals surface area contributed by atoms with Gasteiger partial charge in [0.2, 0.25) is 0 Å². The first-order valence-corrected chi connectivity index (χ1v) is 9.87. The molecule has 0 aliphatic heterocycles. The van der Waals surface area contributed by atoms with Crippen LogP contribution in [0, 0.1) is 19.8 Å². The fourth-order valence-electron chi connectivity index (χ4n) is 3.19. The Morgan fingerprint density at radius 1 is 0.931 bits per heavy atom. The van der Waals surface area contributed by atoms with Gasteiger partial charge in [0.05, 0.1) is 31.8 Å². The molecule has 0 amide bonds. The van der Waals surface area contributed by atoms with Crippen molar-refractivity contribution in [1.82, 2.24) is 4.57 Å². The molecule has 162 valence electrons. The average Bonchev–Trinajstić information content (AvgIpc) is 2.88. The second-order valence-electron chi connectivity index (χ2n) is 6.58. The van der Waals surface area contributed by atoms with Crippen LogP contribution in [0.4, 0.5) is 0 Å². The van der Waals surface area contributed by atoms with Crippen molar-refractivity contribution in [3.05, 3.63) is 22.5 Å². The molecule has 29 heavy (non-hydrogen) atoms. The summed E-state index contributed by atoms with van der Waals surface area (Å²) in [5, 5.41) is 0. The Labute approximate surface area is 171 Å². The minimum Gasteiger partial charge on any atom is -0.466 e. The summed E-state index contributed by atoms with van der Waals surface area (Å²) in [5.74, 6) is -2.92. The zero-order valence-electron chi connectivity index (χ0n) is 18.1. The molecular weight excluding hydrogens is 378 g/mol. The van der Waals surface area contributed by atoms with E-state index in [9.17, 15) is 19.2 Å². The number of hydrogen-bond acceptors (Lipinski definition) is 7. The predicted octanol–water partition coefficient (Wildman–Crippen LogP) is 2.55. The zero-order chi connectivity index (χ0) is 22.1. The van der Waals surface area contributed by atoms with Crippen LogP contribution in [0.25, 0.3) is 0 Å². The molecular formula is C21H31NO7. The highest BCUT2D eigenvalue weighted by molar-refractivity contribution is 5.99. The van der Waals surface area contributed by atoms with Gasteiger partial charge in [0, 0.05) is 24.4 Å². The van der Waals surface area contributed by atoms with E-state index in [4.69, 9.17) is 14.2 Å². The second-order valence-corrected chi connectivity index (χ2v) is 6.58. The zero-order valence-corrected chi connectivity index (χ0v) is 18.1. The van der Waals surface area contributed by atoms with Gasteiger partial charge in [-0.25, -0.2) is 4.79 Å². The van der Waals surface area contributed by atoms with Gasteiger partial charge in [-0.2, -0.15) is 0 Å². The molecule has 1 unspecified atom stereocenters. The number of nitrogens with zero attached hydrogens (tertiary/aromatic N) is 1. The molecule has 0 saturated carbocycles. The van der Waals surface area contributed by atoms with Crippen molar-refractivity contribution >= 4 is 23.7 Å². The van der Waals surface area contributed by atoms with Crippen LogP contribution in [-0.4, -0.2) is 48.1 Å². The first kappa shape index (κ1) is 24.4. The maximum absolute atomic E-state index is 12.6. The molecule has 1 heterocycles. The van der Waals surface area contributed by atoms with E-state index < -0.39 is 17.9 Å². The van der Waals surface area contributed by atoms with Gasteiger partial charge in [-0.3, -0.25) is 14.4 Å². The molecule has 0 N–H and O–H groups in total. The van der Waals surface area contributed by atoms with E-state index in [-0.39, 0.29) is 51.0 Å². The SMILES string of the molecule is CCOC(=O)CCn1c(C)c(C)c(C(=O)OCC)c1CC(C(C)=O)C(=O)OCC. The van der Waals surface area contributed by atoms with E-state index in [0.717, 1.165) is 5.69 Å². The lowest BCUT2D eigenvalue weighted by Gasteiger charge is -2.17. The van der Waals surface area contributed by atoms with Crippen molar-refractivity contribution in [3.8, 4) is 0 Å². The normalized spacial score (nSPS) is 11.7. The molecule has 1 atom stereocenters. The molecule has 0 bridgehead atoms. The summed E-state index contributed by atoms with van der Waals surface area (Å²) in [4.78, 5) is 48.9. The lowest BCUT2D eigenvalue weighted by atomic mass is 9.96. The van der Waals surface area contributed by atoms with Crippen LogP contribution in [0.5, 0.6) is 0 Å². The monoisotopic (exact) mass is 409 g/mol. The minimum absolute atomic E-state index is 0.0141. The van der Waals surface area contributed by atoms with Crippen LogP contribution in [0.15, 0.2) is 0 Å². The standard InChI is InChI=1S/C21H31NO7/c1-7-27-18(24)10-11-22-14(5)13(4)19(21(26)29-9-3)17(22)12-16(15(6)23)20(25)28-8-2/h16H,7-12H2,1-6H3. The Bertz CT molecular complexity index is 764. The summed E-state index contributed by atoms with van der Waals surface area (Å²) in [6.07, 6.45) is 0.0853. The first-order valence-electron chi connectivity index (χ1n) is 9.87. The number of rotatable bonds is 11. The lowest BCUT2D eigenvalue weighted by Crippen LogP contribution is -2.28. The third-order valence-corrected chi connectivity index (χ3v) is 4.72. The summed E-state index contributed by atoms with van der Waals surface area (Å²) in [7, 11) is 0. The molecule has 1 aromatic heterocycles. The summed E-state index contributed by atoms with van der Waals surface area (Å²) >= 11 is 0. The summed E-state index contributed by atoms with van der Waals surface area (Å²) in [6.45, 7) is 10.9. The van der Waals surface area contributed by atoms with Crippen LogP contribution in [0.1, 0.15) is 61.4 Å². The number of hydrogen-bond donors (Lipinski definition) is 0. The third kappa shape index (κ3) is 6.17. The Morgan fingerprint density at radius 3 is 2.03 bits per heavy atom. The Kier molecular flexibility index (Phi) is 9.58. The molecule has 8 heteroatoms. The number of ketones is 1. The van der Waals surface area contributed by atoms with Gasteiger partial charge >= 0.3 is 17.9 Å². The van der Waals surface area contributed by atoms with Gasteiger partial charge < -0.3 is 18.8 Å². The van der Waals surface area contributed by atoms with Crippen LogP contribution in [-0.2, 0) is 41.6 Å². The number of aromatic nitrogens is 1. The average molecular weight is 409 g/mol. The Balaban J connectivity index is 3.42. The quantitative estimate of drug-likeness (QED) is 0.314. The maximum atomic E-state index is 12.6. The van der Waals surface area contributed by atoms with E-state index in [0.29, 0.717) is 16.8 Å². The van der Waals surface area contributed by atoms with Crippen LogP contribution >= 0.6 is 0 Å². The molecule has 0 saturated heterocycles. The molecule has 0 radical (unpaired) electrons. The van der Waals surface area contributed by atoms with Gasteiger partial charge in [-0.05, 0) is 47.1 Å². The number of carbonyl (C=O) groups excluding carboxylic acids is 4. The molecule has 8 nitrogen and oxygen atoms in total. The summed E-state index contributed by atoms with van der Waals surface area (Å²) < 4.78 is 17.0. The minimum atomic E-state index is -1.04. The van der Waals surface area contributed by atoms with E-state index in [1.54, 1.807) is 32.3 Å². The highest BCUT2D eigenvalue weighted by atomic mass is 16.5. The van der Waals surface area contributed by atoms with Crippen LogP contribution in [0.2, 0.25) is 0 Å². The van der Waals surface area contributed by atoms with Crippen molar-refractivity contribution in [2.24, 2.45) is 5.92 Å². The number of esters is 3. The molecule has 0 aromatic carbocycles. The molecule has 0 spiro atoms. The van der Waals surface area contributed by atoms with Crippen molar-refractivity contribution in [3.63, 3.8) is 0 Å². The van der Waals surface area contributed by atoms with Crippen LogP contribution < -0.4 is 0 Å². The van der Waals surface area contributed by atoms with E-state index in [1.807, 2.05) is 6.92 Å². The molecule has 0 fully saturated rings. The number of ether oxygens (including phenoxy) is 3. The topological polar surface area (TPSA) is 101 Å². The van der Waals surface area contributed by atoms with E-state index >= 15 is 0 Å². The van der Waals surface area contributed by atoms with Gasteiger partial charge in [0.25, 0.3) is 0 Å². The lowest BCUT2D eigenvalue weighted by molar-refractivity contribution is -0.151. The molecule has 0 aliphatic rings. The third-order valence-electron chi connectivity index (χ3n) is 4.72. The Hall–Kier alpha value is -2.64. The van der Waals surface area contributed by atoms with E-state index in [2.05, 4.69) is 0 Å². The van der Waals surface area contributed by atoms with Crippen molar-refractivity contribution in [2.45, 2.75) is 60.9 Å². The fourth-order valence-corrected chi connectivity index (χ4v) is 3.19. The summed E-state index contributed by atoms with van der Waals surface area (Å²) in [6, 6.07) is 0. The highest BCUT2D eigenvalue weighted by Gasteiger charge is 2.31. The molecule has 1 aromatic rings. The van der Waals surface area contributed by atoms with Crippen LogP contribution in [0.3, 0.4) is 0 Å². The fraction of sp³-hybridized carbons (Fsp3) is 0.619. The smallest absolute Gasteiger partial charge is 0.340 e. The predicted molar refractivity (Wildman–Crippen MR) is 106 cm³/mol. The van der Waals surface area contributed by atoms with Gasteiger partial charge in [-0.1, -0.05) is 0 Å².